The van der Waals surface area contributed by atoms with Crippen LogP contribution >= 0.6 is 0 Å². The fraction of sp³-hybridized carbons (Fsp3) is 0.250. The van der Waals surface area contributed by atoms with Crippen LogP contribution in [-0.4, -0.2) is 67.2 Å². The molecule has 1 amide bonds. The first kappa shape index (κ1) is 20.7. The molecule has 3 heterocycles. The monoisotopic (exact) mass is 440 g/mol. The highest BCUT2D eigenvalue weighted by atomic mass is 16.2. The number of anilines is 1. The van der Waals surface area contributed by atoms with Crippen LogP contribution in [0.2, 0.25) is 0 Å². The summed E-state index contributed by atoms with van der Waals surface area (Å²) in [5.41, 5.74) is 2.05. The zero-order valence-corrected chi connectivity index (χ0v) is 18.1. The molecule has 0 bridgehead atoms. The SMILES string of the molecule is O=C(C(Cc1ccccc1)n1cnnn1)N1CCN(c2ccnc(-c3ccccc3)n2)CC1. The van der Waals surface area contributed by atoms with E-state index in [1.54, 1.807) is 10.9 Å². The van der Waals surface area contributed by atoms with Crippen molar-refractivity contribution >= 4 is 11.7 Å². The highest BCUT2D eigenvalue weighted by Crippen LogP contribution is 2.21. The zero-order chi connectivity index (χ0) is 22.5. The van der Waals surface area contributed by atoms with E-state index in [2.05, 4.69) is 25.4 Å². The molecule has 166 valence electrons. The van der Waals surface area contributed by atoms with Gasteiger partial charge in [0.05, 0.1) is 0 Å². The van der Waals surface area contributed by atoms with Crippen LogP contribution in [0.4, 0.5) is 5.82 Å². The Morgan fingerprint density at radius 3 is 2.33 bits per heavy atom. The van der Waals surface area contributed by atoms with Crippen molar-refractivity contribution in [2.45, 2.75) is 12.5 Å². The van der Waals surface area contributed by atoms with Gasteiger partial charge in [-0.25, -0.2) is 14.6 Å². The quantitative estimate of drug-likeness (QED) is 0.454. The highest BCUT2D eigenvalue weighted by molar-refractivity contribution is 5.81. The van der Waals surface area contributed by atoms with Crippen molar-refractivity contribution in [2.24, 2.45) is 0 Å². The van der Waals surface area contributed by atoms with E-state index in [1.807, 2.05) is 71.6 Å². The van der Waals surface area contributed by atoms with Crippen LogP contribution in [0.25, 0.3) is 11.4 Å². The van der Waals surface area contributed by atoms with Gasteiger partial charge in [0.25, 0.3) is 0 Å². The first-order valence-electron chi connectivity index (χ1n) is 11.0. The largest absolute Gasteiger partial charge is 0.353 e. The zero-order valence-electron chi connectivity index (χ0n) is 18.1. The molecule has 0 N–H and O–H groups in total. The molecular formula is C24H24N8O. The van der Waals surface area contributed by atoms with Gasteiger partial charge in [-0.05, 0) is 22.1 Å². The van der Waals surface area contributed by atoms with Crippen LogP contribution in [0.15, 0.2) is 79.3 Å². The number of hydrogen-bond donors (Lipinski definition) is 0. The van der Waals surface area contributed by atoms with Crippen LogP contribution in [0.1, 0.15) is 11.6 Å². The van der Waals surface area contributed by atoms with Crippen molar-refractivity contribution in [1.82, 2.24) is 35.1 Å². The molecule has 4 aromatic rings. The molecule has 5 rings (SSSR count). The number of amides is 1. The number of carbonyl (C=O) groups is 1. The molecule has 1 atom stereocenters. The minimum Gasteiger partial charge on any atom is -0.353 e. The highest BCUT2D eigenvalue weighted by Gasteiger charge is 2.30. The van der Waals surface area contributed by atoms with Gasteiger partial charge in [0, 0.05) is 44.4 Å². The summed E-state index contributed by atoms with van der Waals surface area (Å²) in [6.45, 7) is 2.61. The molecule has 1 aliphatic heterocycles. The second-order valence-corrected chi connectivity index (χ2v) is 7.91. The van der Waals surface area contributed by atoms with Crippen LogP contribution in [0, 0.1) is 0 Å². The summed E-state index contributed by atoms with van der Waals surface area (Å²) in [6.07, 6.45) is 3.83. The molecule has 1 aliphatic rings. The number of aromatic nitrogens is 6. The van der Waals surface area contributed by atoms with E-state index in [9.17, 15) is 4.79 Å². The maximum absolute atomic E-state index is 13.4. The summed E-state index contributed by atoms with van der Waals surface area (Å²) in [7, 11) is 0. The molecule has 2 aromatic carbocycles. The van der Waals surface area contributed by atoms with Gasteiger partial charge in [0.1, 0.15) is 18.2 Å². The second-order valence-electron chi connectivity index (χ2n) is 7.91. The number of nitrogens with zero attached hydrogens (tertiary/aromatic N) is 8. The van der Waals surface area contributed by atoms with E-state index in [1.165, 1.54) is 6.33 Å². The molecule has 33 heavy (non-hydrogen) atoms. The van der Waals surface area contributed by atoms with Gasteiger partial charge in [-0.1, -0.05) is 60.7 Å². The van der Waals surface area contributed by atoms with E-state index in [0.717, 1.165) is 16.9 Å². The number of carbonyl (C=O) groups excluding carboxylic acids is 1. The fourth-order valence-corrected chi connectivity index (χ4v) is 4.06. The molecule has 0 saturated carbocycles. The van der Waals surface area contributed by atoms with Crippen LogP contribution in [0.3, 0.4) is 0 Å². The summed E-state index contributed by atoms with van der Waals surface area (Å²) < 4.78 is 1.55. The Bertz CT molecular complexity index is 1180. The maximum Gasteiger partial charge on any atom is 0.248 e. The molecule has 9 heteroatoms. The lowest BCUT2D eigenvalue weighted by atomic mass is 10.0. The minimum absolute atomic E-state index is 0.0264. The molecule has 1 fully saturated rings. The number of piperazine rings is 1. The van der Waals surface area contributed by atoms with Crippen LogP contribution in [0.5, 0.6) is 0 Å². The van der Waals surface area contributed by atoms with Crippen LogP contribution < -0.4 is 4.90 Å². The van der Waals surface area contributed by atoms with Crippen molar-refractivity contribution in [3.8, 4) is 11.4 Å². The predicted molar refractivity (Wildman–Crippen MR) is 123 cm³/mol. The van der Waals surface area contributed by atoms with Gasteiger partial charge >= 0.3 is 0 Å². The molecule has 9 nitrogen and oxygen atoms in total. The first-order chi connectivity index (χ1) is 16.3. The summed E-state index contributed by atoms with van der Waals surface area (Å²) in [5.74, 6) is 1.60. The van der Waals surface area contributed by atoms with Crippen molar-refractivity contribution in [1.29, 1.82) is 0 Å². The van der Waals surface area contributed by atoms with E-state index in [4.69, 9.17) is 4.98 Å². The molecule has 2 aromatic heterocycles. The number of rotatable bonds is 6. The molecular weight excluding hydrogens is 416 g/mol. The lowest BCUT2D eigenvalue weighted by Crippen LogP contribution is -2.51. The predicted octanol–water partition coefficient (Wildman–Crippen LogP) is 2.26. The average Bonchev–Trinajstić information content (AvgIpc) is 3.43. The van der Waals surface area contributed by atoms with Crippen molar-refractivity contribution < 1.29 is 4.79 Å². The lowest BCUT2D eigenvalue weighted by molar-refractivity contribution is -0.135. The van der Waals surface area contributed by atoms with Crippen molar-refractivity contribution in [3.05, 3.63) is 84.8 Å². The van der Waals surface area contributed by atoms with Crippen molar-refractivity contribution in [3.63, 3.8) is 0 Å². The van der Waals surface area contributed by atoms with E-state index in [0.29, 0.717) is 38.4 Å². The Labute approximate surface area is 191 Å². The van der Waals surface area contributed by atoms with E-state index in [-0.39, 0.29) is 5.91 Å². The standard InChI is InChI=1S/C24H24N8O/c33-24(21(32-18-26-28-29-32)17-19-7-3-1-4-8-19)31-15-13-30(14-16-31)22-11-12-25-23(27-22)20-9-5-2-6-10-20/h1-12,18,21H,13-17H2. The van der Waals surface area contributed by atoms with Gasteiger partial charge < -0.3 is 9.80 Å². The van der Waals surface area contributed by atoms with Crippen LogP contribution in [-0.2, 0) is 11.2 Å². The third-order valence-corrected chi connectivity index (χ3v) is 5.83. The average molecular weight is 441 g/mol. The summed E-state index contributed by atoms with van der Waals surface area (Å²) >= 11 is 0. The molecule has 0 aliphatic carbocycles. The molecule has 1 unspecified atom stereocenters. The van der Waals surface area contributed by atoms with Crippen molar-refractivity contribution in [2.75, 3.05) is 31.1 Å². The Balaban J connectivity index is 1.28. The third-order valence-electron chi connectivity index (χ3n) is 5.83. The Kier molecular flexibility index (Phi) is 6.01. The Morgan fingerprint density at radius 1 is 0.909 bits per heavy atom. The number of tetrazole rings is 1. The number of hydrogen-bond acceptors (Lipinski definition) is 7. The Morgan fingerprint density at radius 2 is 1.64 bits per heavy atom. The minimum atomic E-state index is -0.474. The summed E-state index contributed by atoms with van der Waals surface area (Å²) in [6, 6.07) is 21.3. The van der Waals surface area contributed by atoms with E-state index < -0.39 is 6.04 Å². The fourth-order valence-electron chi connectivity index (χ4n) is 4.06. The molecule has 1 saturated heterocycles. The second kappa shape index (κ2) is 9.56. The smallest absolute Gasteiger partial charge is 0.248 e. The molecule has 0 spiro atoms. The Hall–Kier alpha value is -4.14. The normalized spacial score (nSPS) is 14.8. The maximum atomic E-state index is 13.4. The topological polar surface area (TPSA) is 92.9 Å². The van der Waals surface area contributed by atoms with Gasteiger partial charge in [-0.15, -0.1) is 5.10 Å². The van der Waals surface area contributed by atoms with Gasteiger partial charge in [0.2, 0.25) is 5.91 Å². The van der Waals surface area contributed by atoms with Gasteiger partial charge in [0.15, 0.2) is 5.82 Å². The van der Waals surface area contributed by atoms with Gasteiger partial charge in [-0.2, -0.15) is 0 Å². The summed E-state index contributed by atoms with van der Waals surface area (Å²) in [5, 5.41) is 11.5. The number of benzene rings is 2. The summed E-state index contributed by atoms with van der Waals surface area (Å²) in [4.78, 5) is 26.7. The molecule has 0 radical (unpaired) electrons. The lowest BCUT2D eigenvalue weighted by Gasteiger charge is -2.37. The van der Waals surface area contributed by atoms with Gasteiger partial charge in [-0.3, -0.25) is 4.79 Å². The third kappa shape index (κ3) is 4.72. The van der Waals surface area contributed by atoms with E-state index >= 15 is 0 Å². The first-order valence-corrected chi connectivity index (χ1v) is 11.0.